The van der Waals surface area contributed by atoms with E-state index in [0.717, 1.165) is 38.3 Å². The molecule has 150 valence electrons. The van der Waals surface area contributed by atoms with Crippen molar-refractivity contribution in [3.8, 4) is 11.3 Å². The number of aromatic nitrogens is 1. The molecule has 2 aliphatic heterocycles. The lowest BCUT2D eigenvalue weighted by molar-refractivity contribution is 0.0777. The Morgan fingerprint density at radius 1 is 1.14 bits per heavy atom. The summed E-state index contributed by atoms with van der Waals surface area (Å²) in [6.45, 7) is 6.50. The first-order valence-electron chi connectivity index (χ1n) is 9.96. The second-order valence-electron chi connectivity index (χ2n) is 7.96. The van der Waals surface area contributed by atoms with Crippen LogP contribution in [0.25, 0.3) is 11.3 Å². The van der Waals surface area contributed by atoms with Crippen molar-refractivity contribution in [2.24, 2.45) is 11.8 Å². The van der Waals surface area contributed by atoms with Gasteiger partial charge in [0.15, 0.2) is 0 Å². The van der Waals surface area contributed by atoms with Gasteiger partial charge in [0.2, 0.25) is 0 Å². The van der Waals surface area contributed by atoms with Crippen molar-refractivity contribution in [1.82, 2.24) is 19.9 Å². The van der Waals surface area contributed by atoms with Crippen molar-refractivity contribution in [1.29, 1.82) is 0 Å². The van der Waals surface area contributed by atoms with Crippen LogP contribution in [-0.2, 0) is 0 Å². The maximum absolute atomic E-state index is 13.2. The van der Waals surface area contributed by atoms with Crippen molar-refractivity contribution in [3.63, 3.8) is 0 Å². The number of likely N-dealkylation sites (N-methyl/N-ethyl adjacent to an activating group) is 1. The minimum Gasteiger partial charge on any atom is -0.396 e. The summed E-state index contributed by atoms with van der Waals surface area (Å²) in [7, 11) is 2.15. The summed E-state index contributed by atoms with van der Waals surface area (Å²) in [5, 5.41) is 13.9. The molecule has 0 aliphatic carbocycles. The predicted octanol–water partition coefficient (Wildman–Crippen LogP) is 1.27. The molecular weight excluding hydrogens is 356 g/mol. The lowest BCUT2D eigenvalue weighted by Crippen LogP contribution is -2.47. The molecule has 4 rings (SSSR count). The number of hydrogen-bond acceptors (Lipinski definition) is 6. The third-order valence-electron chi connectivity index (χ3n) is 6.03. The first kappa shape index (κ1) is 19.1. The standard InChI is InChI=1S/C21H28N4O3/c1-23-7-9-24(10-8-23)11-17-12-25(13-18(17)14-26)21(27)19-15-28-22-20(19)16-5-3-2-4-6-16/h2-6,15,17-18,26H,7-14H2,1H3. The Morgan fingerprint density at radius 2 is 1.86 bits per heavy atom. The Kier molecular flexibility index (Phi) is 5.75. The molecule has 1 N–H and O–H groups in total. The monoisotopic (exact) mass is 384 g/mol. The highest BCUT2D eigenvalue weighted by Gasteiger charge is 2.37. The van der Waals surface area contributed by atoms with E-state index in [2.05, 4.69) is 22.0 Å². The summed E-state index contributed by atoms with van der Waals surface area (Å²) in [6, 6.07) is 9.61. The molecule has 2 fully saturated rings. The van der Waals surface area contributed by atoms with Crippen LogP contribution in [0.4, 0.5) is 0 Å². The second-order valence-corrected chi connectivity index (χ2v) is 7.96. The van der Waals surface area contributed by atoms with Crippen molar-refractivity contribution in [2.45, 2.75) is 0 Å². The average Bonchev–Trinajstić information content (AvgIpc) is 3.37. The number of piperazine rings is 1. The molecule has 1 aromatic carbocycles. The number of carbonyl (C=O) groups is 1. The Morgan fingerprint density at radius 3 is 2.57 bits per heavy atom. The zero-order chi connectivity index (χ0) is 19.5. The van der Waals surface area contributed by atoms with E-state index in [1.54, 1.807) is 0 Å². The van der Waals surface area contributed by atoms with Crippen LogP contribution < -0.4 is 0 Å². The van der Waals surface area contributed by atoms with Gasteiger partial charge < -0.3 is 24.3 Å². The molecule has 28 heavy (non-hydrogen) atoms. The van der Waals surface area contributed by atoms with Crippen molar-refractivity contribution in [3.05, 3.63) is 42.2 Å². The van der Waals surface area contributed by atoms with Gasteiger partial charge in [-0.05, 0) is 13.0 Å². The van der Waals surface area contributed by atoms with Gasteiger partial charge in [-0.15, -0.1) is 0 Å². The molecule has 2 aromatic rings. The smallest absolute Gasteiger partial charge is 0.259 e. The van der Waals surface area contributed by atoms with Gasteiger partial charge in [0.05, 0.1) is 0 Å². The minimum absolute atomic E-state index is 0.0700. The van der Waals surface area contributed by atoms with Gasteiger partial charge in [-0.25, -0.2) is 0 Å². The van der Waals surface area contributed by atoms with E-state index in [1.165, 1.54) is 6.26 Å². The van der Waals surface area contributed by atoms with E-state index < -0.39 is 0 Å². The molecule has 0 bridgehead atoms. The predicted molar refractivity (Wildman–Crippen MR) is 106 cm³/mol. The number of amides is 1. The highest BCUT2D eigenvalue weighted by Crippen LogP contribution is 2.29. The summed E-state index contributed by atoms with van der Waals surface area (Å²) >= 11 is 0. The summed E-state index contributed by atoms with van der Waals surface area (Å²) in [4.78, 5) is 19.8. The van der Waals surface area contributed by atoms with Crippen molar-refractivity contribution in [2.75, 3.05) is 59.5 Å². The number of hydrogen-bond donors (Lipinski definition) is 1. The van der Waals surface area contributed by atoms with Crippen molar-refractivity contribution < 1.29 is 14.4 Å². The molecular formula is C21H28N4O3. The van der Waals surface area contributed by atoms with Gasteiger partial charge in [0, 0.05) is 63.9 Å². The number of nitrogens with zero attached hydrogens (tertiary/aromatic N) is 4. The van der Waals surface area contributed by atoms with E-state index in [1.807, 2.05) is 35.2 Å². The lowest BCUT2D eigenvalue weighted by atomic mass is 9.96. The van der Waals surface area contributed by atoms with Crippen LogP contribution in [0.15, 0.2) is 41.1 Å². The largest absolute Gasteiger partial charge is 0.396 e. The summed E-state index contributed by atoms with van der Waals surface area (Å²) < 4.78 is 5.13. The molecule has 1 amide bonds. The first-order chi connectivity index (χ1) is 13.7. The van der Waals surface area contributed by atoms with Gasteiger partial charge in [-0.1, -0.05) is 35.5 Å². The highest BCUT2D eigenvalue weighted by atomic mass is 16.5. The third-order valence-corrected chi connectivity index (χ3v) is 6.03. The number of likely N-dealkylation sites (tertiary alicyclic amines) is 1. The van der Waals surface area contributed by atoms with Crippen LogP contribution in [-0.4, -0.2) is 90.3 Å². The summed E-state index contributed by atoms with van der Waals surface area (Å²) in [6.07, 6.45) is 1.44. The average molecular weight is 384 g/mol. The van der Waals surface area contributed by atoms with Gasteiger partial charge in [0.1, 0.15) is 17.5 Å². The van der Waals surface area contributed by atoms with Gasteiger partial charge in [0.25, 0.3) is 5.91 Å². The van der Waals surface area contributed by atoms with Gasteiger partial charge in [-0.3, -0.25) is 4.79 Å². The number of carbonyl (C=O) groups excluding carboxylic acids is 1. The Bertz CT molecular complexity index is 786. The van der Waals surface area contributed by atoms with Crippen LogP contribution in [0.3, 0.4) is 0 Å². The quantitative estimate of drug-likeness (QED) is 0.837. The number of rotatable bonds is 5. The van der Waals surface area contributed by atoms with E-state index in [-0.39, 0.29) is 24.3 Å². The van der Waals surface area contributed by atoms with Crippen LogP contribution >= 0.6 is 0 Å². The second kappa shape index (κ2) is 8.43. The molecule has 2 aliphatic rings. The van der Waals surface area contributed by atoms with E-state index in [4.69, 9.17) is 4.52 Å². The molecule has 2 atom stereocenters. The molecule has 2 unspecified atom stereocenters. The number of aliphatic hydroxyl groups excluding tert-OH is 1. The molecule has 3 heterocycles. The fraction of sp³-hybridized carbons (Fsp3) is 0.524. The highest BCUT2D eigenvalue weighted by molar-refractivity contribution is 5.99. The van der Waals surface area contributed by atoms with Gasteiger partial charge in [-0.2, -0.15) is 0 Å². The van der Waals surface area contributed by atoms with Crippen LogP contribution in [0.1, 0.15) is 10.4 Å². The lowest BCUT2D eigenvalue weighted by Gasteiger charge is -2.34. The van der Waals surface area contributed by atoms with Crippen LogP contribution in [0.5, 0.6) is 0 Å². The minimum atomic E-state index is -0.0700. The zero-order valence-electron chi connectivity index (χ0n) is 16.3. The Balaban J connectivity index is 1.45. The van der Waals surface area contributed by atoms with E-state index in [9.17, 15) is 9.90 Å². The maximum atomic E-state index is 13.2. The number of aliphatic hydroxyl groups is 1. The zero-order valence-corrected chi connectivity index (χ0v) is 16.3. The molecule has 2 saturated heterocycles. The van der Waals surface area contributed by atoms with Crippen molar-refractivity contribution >= 4 is 5.91 Å². The SMILES string of the molecule is CN1CCN(CC2CN(C(=O)c3conc3-c3ccccc3)CC2CO)CC1. The van der Waals surface area contributed by atoms with Gasteiger partial charge >= 0.3 is 0 Å². The van der Waals surface area contributed by atoms with E-state index in [0.29, 0.717) is 24.3 Å². The number of benzene rings is 1. The Labute approximate surface area is 165 Å². The fourth-order valence-electron chi connectivity index (χ4n) is 4.24. The normalized spacial score (nSPS) is 24.0. The fourth-order valence-corrected chi connectivity index (χ4v) is 4.24. The molecule has 0 radical (unpaired) electrons. The first-order valence-corrected chi connectivity index (χ1v) is 9.96. The summed E-state index contributed by atoms with van der Waals surface area (Å²) in [5.74, 6) is 0.334. The summed E-state index contributed by atoms with van der Waals surface area (Å²) in [5.41, 5.74) is 1.93. The van der Waals surface area contributed by atoms with E-state index >= 15 is 0 Å². The molecule has 7 nitrogen and oxygen atoms in total. The molecule has 0 spiro atoms. The molecule has 0 saturated carbocycles. The van der Waals surface area contributed by atoms with Crippen LogP contribution in [0, 0.1) is 11.8 Å². The molecule has 7 heteroatoms. The maximum Gasteiger partial charge on any atom is 0.259 e. The third kappa shape index (κ3) is 3.97. The van der Waals surface area contributed by atoms with Crippen LogP contribution in [0.2, 0.25) is 0 Å². The topological polar surface area (TPSA) is 73.0 Å². The Hall–Kier alpha value is -2.22. The molecule has 1 aromatic heterocycles.